The number of aromatic nitrogens is 1. The van der Waals surface area contributed by atoms with E-state index in [1.807, 2.05) is 55.5 Å². The molecule has 3 aromatic carbocycles. The summed E-state index contributed by atoms with van der Waals surface area (Å²) in [6.07, 6.45) is 0. The number of para-hydroxylation sites is 1. The van der Waals surface area contributed by atoms with Gasteiger partial charge in [0.25, 0.3) is 0 Å². The fourth-order valence-corrected chi connectivity index (χ4v) is 8.61. The minimum absolute atomic E-state index is 0.0719. The summed E-state index contributed by atoms with van der Waals surface area (Å²) in [5, 5.41) is 2.70. The second-order valence-corrected chi connectivity index (χ2v) is 14.2. The Bertz CT molecular complexity index is 1820. The quantitative estimate of drug-likeness (QED) is 0.265. The third-order valence-electron chi connectivity index (χ3n) is 8.24. The van der Waals surface area contributed by atoms with Crippen LogP contribution in [0.25, 0.3) is 0 Å². The van der Waals surface area contributed by atoms with Crippen molar-refractivity contribution in [3.63, 3.8) is 0 Å². The summed E-state index contributed by atoms with van der Waals surface area (Å²) in [5.41, 5.74) is 3.96. The molecule has 1 saturated heterocycles. The number of hydrogen-bond acceptors (Lipinski definition) is 7. The Morgan fingerprint density at radius 1 is 0.932 bits per heavy atom. The Labute approximate surface area is 264 Å². The van der Waals surface area contributed by atoms with Gasteiger partial charge in [0.1, 0.15) is 17.5 Å². The first-order valence-electron chi connectivity index (χ1n) is 14.4. The molecule has 3 amide bonds. The first-order chi connectivity index (χ1) is 21.0. The first kappa shape index (κ1) is 29.9. The smallest absolute Gasteiger partial charge is 0.308 e. The van der Waals surface area contributed by atoms with Gasteiger partial charge in [-0.2, -0.15) is 0 Å². The van der Waals surface area contributed by atoms with E-state index in [9.17, 15) is 19.2 Å². The SMILES string of the molecule is COc1ccc(N2C(=O)[C@H]3[C@H](c4ccc(C(C)(C)C)cc4)c4sc(=O)n(CC(=O)Nc5ccccc5C)c4S[C@H]3C2=O)cc1. The van der Waals surface area contributed by atoms with Gasteiger partial charge in [-0.05, 0) is 59.4 Å². The van der Waals surface area contributed by atoms with Gasteiger partial charge < -0.3 is 10.1 Å². The molecule has 6 rings (SSSR count). The molecule has 0 unspecified atom stereocenters. The zero-order chi connectivity index (χ0) is 31.3. The van der Waals surface area contributed by atoms with Crippen LogP contribution in [-0.2, 0) is 26.3 Å². The minimum Gasteiger partial charge on any atom is -0.497 e. The van der Waals surface area contributed by atoms with Crippen molar-refractivity contribution in [2.24, 2.45) is 5.92 Å². The Kier molecular flexibility index (Phi) is 7.75. The second-order valence-electron chi connectivity index (χ2n) is 12.1. The Hall–Kier alpha value is -4.15. The van der Waals surface area contributed by atoms with Gasteiger partial charge in [-0.1, -0.05) is 86.3 Å². The number of rotatable bonds is 6. The van der Waals surface area contributed by atoms with Crippen molar-refractivity contribution in [3.05, 3.63) is 104 Å². The lowest BCUT2D eigenvalue weighted by atomic mass is 9.81. The summed E-state index contributed by atoms with van der Waals surface area (Å²) in [6, 6.07) is 22.4. The standard InChI is InChI=1S/C34H33N3O5S2/c1-19-8-6-7-9-24(19)35-25(38)18-36-32-29(44-33(36)41)26(20-10-12-21(13-11-20)34(2,3)4)27-28(43-32)31(40)37(30(27)39)22-14-16-23(42-5)17-15-22/h6-17,26-28H,18H2,1-5H3,(H,35,38)/t26-,27-,28+/m0/s1. The van der Waals surface area contributed by atoms with Crippen molar-refractivity contribution in [2.75, 3.05) is 17.3 Å². The third-order valence-corrected chi connectivity index (χ3v) is 10.8. The molecule has 1 aromatic heterocycles. The Morgan fingerprint density at radius 2 is 1.61 bits per heavy atom. The molecule has 8 nitrogen and oxygen atoms in total. The highest BCUT2D eigenvalue weighted by atomic mass is 32.2. The molecule has 0 aliphatic carbocycles. The number of methoxy groups -OCH3 is 1. The molecule has 0 spiro atoms. The molecular weight excluding hydrogens is 595 g/mol. The molecule has 4 aromatic rings. The average Bonchev–Trinajstić information content (AvgIpc) is 3.44. The Balaban J connectivity index is 1.42. The van der Waals surface area contributed by atoms with E-state index in [4.69, 9.17) is 4.74 Å². The maximum atomic E-state index is 14.1. The number of anilines is 2. The number of imide groups is 1. The number of amides is 3. The second kappa shape index (κ2) is 11.4. The maximum Gasteiger partial charge on any atom is 0.308 e. The number of carbonyl (C=O) groups excluding carboxylic acids is 3. The summed E-state index contributed by atoms with van der Waals surface area (Å²) in [6.45, 7) is 8.09. The van der Waals surface area contributed by atoms with Crippen LogP contribution in [0.3, 0.4) is 0 Å². The van der Waals surface area contributed by atoms with Crippen LogP contribution >= 0.6 is 23.1 Å². The summed E-state index contributed by atoms with van der Waals surface area (Å²) >= 11 is 2.25. The van der Waals surface area contributed by atoms with Gasteiger partial charge in [-0.25, -0.2) is 4.90 Å². The number of fused-ring (bicyclic) bond motifs is 2. The monoisotopic (exact) mass is 627 g/mol. The average molecular weight is 628 g/mol. The van der Waals surface area contributed by atoms with E-state index in [1.165, 1.54) is 21.2 Å². The van der Waals surface area contributed by atoms with Crippen molar-refractivity contribution in [1.29, 1.82) is 0 Å². The van der Waals surface area contributed by atoms with Crippen LogP contribution in [0, 0.1) is 12.8 Å². The summed E-state index contributed by atoms with van der Waals surface area (Å²) in [7, 11) is 1.56. The van der Waals surface area contributed by atoms with Crippen molar-refractivity contribution in [3.8, 4) is 5.75 Å². The van der Waals surface area contributed by atoms with E-state index in [1.54, 1.807) is 31.4 Å². The number of ether oxygens (including phenoxy) is 1. The molecule has 3 atom stereocenters. The van der Waals surface area contributed by atoms with Gasteiger partial charge >= 0.3 is 4.87 Å². The molecule has 0 saturated carbocycles. The molecule has 226 valence electrons. The van der Waals surface area contributed by atoms with Crippen LogP contribution in [0.4, 0.5) is 11.4 Å². The number of aryl methyl sites for hydroxylation is 1. The molecule has 44 heavy (non-hydrogen) atoms. The van der Waals surface area contributed by atoms with Crippen LogP contribution in [0.2, 0.25) is 0 Å². The van der Waals surface area contributed by atoms with E-state index >= 15 is 0 Å². The van der Waals surface area contributed by atoms with E-state index in [2.05, 4.69) is 26.1 Å². The van der Waals surface area contributed by atoms with Crippen LogP contribution < -0.4 is 19.8 Å². The lowest BCUT2D eigenvalue weighted by molar-refractivity contribution is -0.122. The molecular formula is C34H33N3O5S2. The maximum absolute atomic E-state index is 14.1. The summed E-state index contributed by atoms with van der Waals surface area (Å²) < 4.78 is 6.71. The number of thioether (sulfide) groups is 1. The van der Waals surface area contributed by atoms with Gasteiger partial charge in [0.05, 0.1) is 23.7 Å². The fraction of sp³-hybridized carbons (Fsp3) is 0.294. The van der Waals surface area contributed by atoms with Gasteiger partial charge in [0, 0.05) is 16.5 Å². The zero-order valence-corrected chi connectivity index (χ0v) is 26.8. The molecule has 2 aliphatic heterocycles. The molecule has 10 heteroatoms. The molecule has 3 heterocycles. The molecule has 1 fully saturated rings. The van der Waals surface area contributed by atoms with Crippen molar-refractivity contribution in [1.82, 2.24) is 4.57 Å². The van der Waals surface area contributed by atoms with Gasteiger partial charge in [0.15, 0.2) is 0 Å². The number of nitrogens with one attached hydrogen (secondary N) is 1. The fourth-order valence-electron chi connectivity index (χ4n) is 5.84. The van der Waals surface area contributed by atoms with E-state index in [-0.39, 0.29) is 34.6 Å². The summed E-state index contributed by atoms with van der Waals surface area (Å²) in [5.74, 6) is -1.61. The predicted molar refractivity (Wildman–Crippen MR) is 174 cm³/mol. The highest BCUT2D eigenvalue weighted by molar-refractivity contribution is 8.00. The normalized spacial score (nSPS) is 19.5. The van der Waals surface area contributed by atoms with Crippen LogP contribution in [0.15, 0.2) is 82.6 Å². The molecule has 0 radical (unpaired) electrons. The largest absolute Gasteiger partial charge is 0.497 e. The van der Waals surface area contributed by atoms with Crippen molar-refractivity contribution in [2.45, 2.75) is 55.8 Å². The first-order valence-corrected chi connectivity index (χ1v) is 16.1. The number of hydrogen-bond donors (Lipinski definition) is 1. The highest BCUT2D eigenvalue weighted by Gasteiger charge is 2.56. The van der Waals surface area contributed by atoms with E-state index < -0.39 is 17.1 Å². The highest BCUT2D eigenvalue weighted by Crippen LogP contribution is 2.54. The number of nitrogens with zero attached hydrogens (tertiary/aromatic N) is 2. The van der Waals surface area contributed by atoms with Gasteiger partial charge in [-0.15, -0.1) is 0 Å². The predicted octanol–water partition coefficient (Wildman–Crippen LogP) is 5.96. The number of carbonyl (C=O) groups is 3. The Morgan fingerprint density at radius 3 is 2.25 bits per heavy atom. The van der Waals surface area contributed by atoms with Crippen LogP contribution in [-0.4, -0.2) is 34.6 Å². The number of thiazole rings is 1. The van der Waals surface area contributed by atoms with Gasteiger partial charge in [0.2, 0.25) is 17.7 Å². The van der Waals surface area contributed by atoms with Crippen LogP contribution in [0.1, 0.15) is 48.3 Å². The molecule has 2 aliphatic rings. The van der Waals surface area contributed by atoms with Crippen LogP contribution in [0.5, 0.6) is 5.75 Å². The van der Waals surface area contributed by atoms with Gasteiger partial charge in [-0.3, -0.25) is 23.7 Å². The topological polar surface area (TPSA) is 97.7 Å². The van der Waals surface area contributed by atoms with Crippen molar-refractivity contribution >= 4 is 52.2 Å². The third kappa shape index (κ3) is 5.26. The number of benzene rings is 3. The lowest BCUT2D eigenvalue weighted by Crippen LogP contribution is -2.33. The summed E-state index contributed by atoms with van der Waals surface area (Å²) in [4.78, 5) is 56.4. The lowest BCUT2D eigenvalue weighted by Gasteiger charge is -2.31. The van der Waals surface area contributed by atoms with E-state index in [0.717, 1.165) is 28.0 Å². The zero-order valence-electron chi connectivity index (χ0n) is 25.1. The van der Waals surface area contributed by atoms with Crippen molar-refractivity contribution < 1.29 is 19.1 Å². The molecule has 0 bridgehead atoms. The minimum atomic E-state index is -0.760. The molecule has 1 N–H and O–H groups in total. The van der Waals surface area contributed by atoms with E-state index in [0.29, 0.717) is 27.0 Å².